The van der Waals surface area contributed by atoms with Gasteiger partial charge in [-0.1, -0.05) is 44.6 Å². The average Bonchev–Trinajstić information content (AvgIpc) is 3.09. The molecule has 1 aliphatic rings. The molecule has 1 fully saturated rings. The normalized spacial score (nSPS) is 16.0. The second-order valence-electron chi connectivity index (χ2n) is 7.08. The average molecular weight is 442 g/mol. The molecule has 9 heteroatoms. The zero-order valence-electron chi connectivity index (χ0n) is 16.3. The first-order chi connectivity index (χ1) is 13.4. The van der Waals surface area contributed by atoms with Crippen molar-refractivity contribution >= 4 is 55.1 Å². The molecule has 0 bridgehead atoms. The van der Waals surface area contributed by atoms with E-state index in [0.29, 0.717) is 11.2 Å². The first-order valence-electron chi connectivity index (χ1n) is 9.77. The lowest BCUT2D eigenvalue weighted by Crippen LogP contribution is -2.36. The van der Waals surface area contributed by atoms with E-state index < -0.39 is 10.0 Å². The van der Waals surface area contributed by atoms with Crippen LogP contribution in [0.25, 0.3) is 10.2 Å². The molecule has 154 valence electrons. The van der Waals surface area contributed by atoms with Crippen LogP contribution in [0.3, 0.4) is 0 Å². The molecule has 1 aliphatic carbocycles. The number of nitrogens with zero attached hydrogens (tertiary/aromatic N) is 2. The molecular weight excluding hydrogens is 414 g/mol. The van der Waals surface area contributed by atoms with Crippen molar-refractivity contribution in [3.05, 3.63) is 18.2 Å². The van der Waals surface area contributed by atoms with Gasteiger partial charge in [-0.25, -0.2) is 13.4 Å². The Morgan fingerprint density at radius 2 is 2.07 bits per heavy atom. The van der Waals surface area contributed by atoms with Gasteiger partial charge in [-0.05, 0) is 37.5 Å². The first kappa shape index (κ1) is 21.5. The second kappa shape index (κ2) is 9.56. The van der Waals surface area contributed by atoms with Gasteiger partial charge in [0.15, 0.2) is 0 Å². The fourth-order valence-corrected chi connectivity index (χ4v) is 8.12. The quantitative estimate of drug-likeness (QED) is 0.459. The number of anilines is 1. The third-order valence-electron chi connectivity index (χ3n) is 4.74. The smallest absolute Gasteiger partial charge is 0.279 e. The Morgan fingerprint density at radius 1 is 1.32 bits per heavy atom. The Bertz CT molecular complexity index is 921. The predicted octanol–water partition coefficient (Wildman–Crippen LogP) is 5.03. The Kier molecular flexibility index (Phi) is 7.36. The van der Waals surface area contributed by atoms with Crippen molar-refractivity contribution in [2.24, 2.45) is 0 Å². The maximum Gasteiger partial charge on any atom is 0.279 e. The third kappa shape index (κ3) is 5.06. The molecule has 1 aromatic carbocycles. The number of nitrogens with one attached hydrogen (secondary N) is 1. The summed E-state index contributed by atoms with van der Waals surface area (Å²) < 4.78 is 29.4. The summed E-state index contributed by atoms with van der Waals surface area (Å²) in [5.74, 6) is 0.636. The van der Waals surface area contributed by atoms with Crippen molar-refractivity contribution in [2.75, 3.05) is 11.1 Å². The summed E-state index contributed by atoms with van der Waals surface area (Å²) in [6.45, 7) is 3.56. The lowest BCUT2D eigenvalue weighted by atomic mass is 9.96. The number of benzene rings is 1. The molecule has 1 heterocycles. The molecule has 0 saturated heterocycles. The van der Waals surface area contributed by atoms with E-state index in [2.05, 4.69) is 17.2 Å². The fourth-order valence-electron chi connectivity index (χ4n) is 3.33. The Labute approximate surface area is 175 Å². The summed E-state index contributed by atoms with van der Waals surface area (Å²) in [6, 6.07) is 5.32. The van der Waals surface area contributed by atoms with Crippen molar-refractivity contribution in [3.8, 4) is 0 Å². The third-order valence-corrected chi connectivity index (χ3v) is 9.66. The minimum absolute atomic E-state index is 0.0440. The molecule has 3 rings (SSSR count). The molecular formula is C19H27N3O3S3. The zero-order valence-corrected chi connectivity index (χ0v) is 18.8. The minimum atomic E-state index is -3.66. The van der Waals surface area contributed by atoms with Crippen molar-refractivity contribution < 1.29 is 13.2 Å². The number of amides is 1. The van der Waals surface area contributed by atoms with Gasteiger partial charge in [0.25, 0.3) is 10.0 Å². The number of thiazole rings is 1. The molecule has 1 saturated carbocycles. The van der Waals surface area contributed by atoms with E-state index in [1.807, 2.05) is 0 Å². The number of aromatic nitrogens is 1. The molecule has 1 aromatic heterocycles. The van der Waals surface area contributed by atoms with Gasteiger partial charge < -0.3 is 5.32 Å². The van der Waals surface area contributed by atoms with E-state index in [1.165, 1.54) is 36.6 Å². The van der Waals surface area contributed by atoms with Crippen LogP contribution >= 0.6 is 23.3 Å². The number of sulfonamides is 1. The maximum absolute atomic E-state index is 13.4. The van der Waals surface area contributed by atoms with E-state index in [9.17, 15) is 13.2 Å². The molecule has 0 unspecified atom stereocenters. The SMILES string of the molecule is CCCCSN(C1CCCCC1)S(=O)(=O)c1nc2ccc(NC(C)=O)cc2s1. The summed E-state index contributed by atoms with van der Waals surface area (Å²) in [6.07, 6.45) is 7.18. The van der Waals surface area contributed by atoms with Crippen molar-refractivity contribution in [1.29, 1.82) is 0 Å². The summed E-state index contributed by atoms with van der Waals surface area (Å²) >= 11 is 2.60. The molecule has 0 atom stereocenters. The fraction of sp³-hybridized carbons (Fsp3) is 0.579. The highest BCUT2D eigenvalue weighted by Crippen LogP contribution is 2.36. The number of hydrogen-bond acceptors (Lipinski definition) is 6. The van der Waals surface area contributed by atoms with Crippen LogP contribution in [0.2, 0.25) is 0 Å². The van der Waals surface area contributed by atoms with Crippen molar-refractivity contribution in [2.45, 2.75) is 69.2 Å². The van der Waals surface area contributed by atoms with Gasteiger partial charge in [0, 0.05) is 24.4 Å². The predicted molar refractivity (Wildman–Crippen MR) is 117 cm³/mol. The van der Waals surface area contributed by atoms with Gasteiger partial charge >= 0.3 is 0 Å². The van der Waals surface area contributed by atoms with Crippen LogP contribution in [0.4, 0.5) is 5.69 Å². The van der Waals surface area contributed by atoms with E-state index in [1.54, 1.807) is 21.9 Å². The van der Waals surface area contributed by atoms with E-state index in [0.717, 1.165) is 49.0 Å². The van der Waals surface area contributed by atoms with Crippen LogP contribution in [0, 0.1) is 0 Å². The van der Waals surface area contributed by atoms with Crippen LogP contribution in [0.15, 0.2) is 22.5 Å². The number of hydrogen-bond donors (Lipinski definition) is 1. The summed E-state index contributed by atoms with van der Waals surface area (Å²) in [5.41, 5.74) is 1.29. The summed E-state index contributed by atoms with van der Waals surface area (Å²) in [4.78, 5) is 15.7. The highest BCUT2D eigenvalue weighted by Gasteiger charge is 2.35. The van der Waals surface area contributed by atoms with Gasteiger partial charge in [-0.2, -0.15) is 0 Å². The molecule has 0 aliphatic heterocycles. The molecule has 1 amide bonds. The van der Waals surface area contributed by atoms with Crippen LogP contribution < -0.4 is 5.32 Å². The molecule has 2 aromatic rings. The number of fused-ring (bicyclic) bond motifs is 1. The van der Waals surface area contributed by atoms with Gasteiger partial charge in [0.05, 0.1) is 10.2 Å². The van der Waals surface area contributed by atoms with E-state index >= 15 is 0 Å². The van der Waals surface area contributed by atoms with Crippen LogP contribution in [0.5, 0.6) is 0 Å². The van der Waals surface area contributed by atoms with Crippen LogP contribution in [0.1, 0.15) is 58.8 Å². The Hall–Kier alpha value is -1.16. The molecule has 1 N–H and O–H groups in total. The lowest BCUT2D eigenvalue weighted by Gasteiger charge is -2.31. The highest BCUT2D eigenvalue weighted by molar-refractivity contribution is 8.09. The first-order valence-corrected chi connectivity index (χ1v) is 13.0. The molecule has 0 radical (unpaired) electrons. The van der Waals surface area contributed by atoms with Gasteiger partial charge in [-0.3, -0.25) is 4.79 Å². The second-order valence-corrected chi connectivity index (χ2v) is 11.4. The van der Waals surface area contributed by atoms with Gasteiger partial charge in [0.1, 0.15) is 0 Å². The largest absolute Gasteiger partial charge is 0.326 e. The molecule has 28 heavy (non-hydrogen) atoms. The Balaban J connectivity index is 1.91. The number of carbonyl (C=O) groups excluding carboxylic acids is 1. The van der Waals surface area contributed by atoms with Crippen LogP contribution in [-0.2, 0) is 14.8 Å². The zero-order chi connectivity index (χ0) is 20.1. The summed E-state index contributed by atoms with van der Waals surface area (Å²) in [7, 11) is -3.66. The van der Waals surface area contributed by atoms with Gasteiger partial charge in [0.2, 0.25) is 10.2 Å². The van der Waals surface area contributed by atoms with Gasteiger partial charge in [-0.15, -0.1) is 15.0 Å². The Morgan fingerprint density at radius 3 is 2.75 bits per heavy atom. The number of carbonyl (C=O) groups is 1. The number of unbranched alkanes of at least 4 members (excludes halogenated alkanes) is 1. The molecule has 0 spiro atoms. The maximum atomic E-state index is 13.4. The van der Waals surface area contributed by atoms with E-state index in [4.69, 9.17) is 0 Å². The van der Waals surface area contributed by atoms with E-state index in [-0.39, 0.29) is 16.3 Å². The monoisotopic (exact) mass is 441 g/mol. The topological polar surface area (TPSA) is 79.4 Å². The molecule has 6 nitrogen and oxygen atoms in total. The van der Waals surface area contributed by atoms with Crippen molar-refractivity contribution in [1.82, 2.24) is 8.69 Å². The number of rotatable bonds is 8. The minimum Gasteiger partial charge on any atom is -0.326 e. The summed E-state index contributed by atoms with van der Waals surface area (Å²) in [5, 5.41) is 2.73. The highest BCUT2D eigenvalue weighted by atomic mass is 32.3. The van der Waals surface area contributed by atoms with Crippen molar-refractivity contribution in [3.63, 3.8) is 0 Å². The van der Waals surface area contributed by atoms with Crippen LogP contribution in [-0.4, -0.2) is 34.8 Å². The standard InChI is InChI=1S/C19H27N3O3S3/c1-3-4-12-26-22(16-8-6-5-7-9-16)28(24,25)19-21-17-11-10-15(20-14(2)23)13-18(17)27-19/h10-11,13,16H,3-9,12H2,1-2H3,(H,20,23). The lowest BCUT2D eigenvalue weighted by molar-refractivity contribution is -0.114.